The number of rotatable bonds is 45. The van der Waals surface area contributed by atoms with Crippen molar-refractivity contribution in [3.8, 4) is 0 Å². The predicted octanol–water partition coefficient (Wildman–Crippen LogP) is 17.1. The predicted molar refractivity (Wildman–Crippen MR) is 274 cm³/mol. The van der Waals surface area contributed by atoms with Crippen LogP contribution in [0.5, 0.6) is 0 Å². The van der Waals surface area contributed by atoms with Gasteiger partial charge in [-0.2, -0.15) is 0 Å². The summed E-state index contributed by atoms with van der Waals surface area (Å²) in [5, 5.41) is 0. The molecule has 6 heteroatoms. The van der Waals surface area contributed by atoms with Gasteiger partial charge in [0, 0.05) is 19.3 Å². The third kappa shape index (κ3) is 49.1. The molecular weight excluding hydrogens is 793 g/mol. The number of allylic oxidation sites excluding steroid dienone is 18. The maximum Gasteiger partial charge on any atom is 0.306 e. The molecule has 0 aliphatic carbocycles. The van der Waals surface area contributed by atoms with Crippen LogP contribution < -0.4 is 0 Å². The van der Waals surface area contributed by atoms with Gasteiger partial charge in [0.2, 0.25) is 0 Å². The van der Waals surface area contributed by atoms with Crippen molar-refractivity contribution in [1.82, 2.24) is 0 Å². The van der Waals surface area contributed by atoms with E-state index < -0.39 is 6.10 Å². The summed E-state index contributed by atoms with van der Waals surface area (Å²) in [6.07, 6.45) is 69.6. The van der Waals surface area contributed by atoms with E-state index in [1.807, 2.05) is 0 Å². The van der Waals surface area contributed by atoms with E-state index in [9.17, 15) is 14.4 Å². The molecule has 0 bridgehead atoms. The number of hydrogen-bond donors (Lipinski definition) is 0. The van der Waals surface area contributed by atoms with Crippen LogP contribution in [0.1, 0.15) is 220 Å². The average Bonchev–Trinajstić information content (AvgIpc) is 3.29. The molecule has 1 unspecified atom stereocenters. The third-order valence-corrected chi connectivity index (χ3v) is 10.5. The van der Waals surface area contributed by atoms with Crippen LogP contribution in [0.2, 0.25) is 0 Å². The van der Waals surface area contributed by atoms with Gasteiger partial charge in [-0.3, -0.25) is 14.4 Å². The second-order valence-electron chi connectivity index (χ2n) is 16.7. The Morgan fingerprint density at radius 2 is 0.609 bits per heavy atom. The summed E-state index contributed by atoms with van der Waals surface area (Å²) >= 11 is 0. The maximum atomic E-state index is 12.7. The molecule has 0 aliphatic heterocycles. The van der Waals surface area contributed by atoms with Crippen LogP contribution in [0.3, 0.4) is 0 Å². The highest BCUT2D eigenvalue weighted by molar-refractivity contribution is 5.71. The molecule has 0 aromatic carbocycles. The van der Waals surface area contributed by atoms with E-state index in [1.54, 1.807) is 0 Å². The number of ether oxygens (including phenoxy) is 3. The Morgan fingerprint density at radius 1 is 0.328 bits per heavy atom. The fourth-order valence-corrected chi connectivity index (χ4v) is 6.68. The van der Waals surface area contributed by atoms with Crippen molar-refractivity contribution < 1.29 is 28.6 Å². The van der Waals surface area contributed by atoms with E-state index >= 15 is 0 Å². The van der Waals surface area contributed by atoms with Gasteiger partial charge in [0.1, 0.15) is 13.2 Å². The van der Waals surface area contributed by atoms with Crippen LogP contribution in [-0.4, -0.2) is 37.2 Å². The van der Waals surface area contributed by atoms with E-state index in [-0.39, 0.29) is 37.5 Å². The summed E-state index contributed by atoms with van der Waals surface area (Å²) in [5.74, 6) is -0.973. The average molecular weight is 887 g/mol. The summed E-state index contributed by atoms with van der Waals surface area (Å²) in [6, 6.07) is 0. The highest BCUT2D eigenvalue weighted by atomic mass is 16.6. The van der Waals surface area contributed by atoms with Crippen LogP contribution in [0, 0.1) is 0 Å². The first-order valence-corrected chi connectivity index (χ1v) is 25.9. The molecule has 0 amide bonds. The highest BCUT2D eigenvalue weighted by Crippen LogP contribution is 2.13. The van der Waals surface area contributed by atoms with Crippen LogP contribution >= 0.6 is 0 Å². The highest BCUT2D eigenvalue weighted by Gasteiger charge is 2.19. The van der Waals surface area contributed by atoms with Gasteiger partial charge < -0.3 is 14.2 Å². The molecule has 0 N–H and O–H groups in total. The van der Waals surface area contributed by atoms with Crippen molar-refractivity contribution in [3.05, 3.63) is 109 Å². The summed E-state index contributed by atoms with van der Waals surface area (Å²) in [7, 11) is 0. The van der Waals surface area contributed by atoms with Gasteiger partial charge in [-0.15, -0.1) is 0 Å². The first-order chi connectivity index (χ1) is 31.5. The van der Waals surface area contributed by atoms with Gasteiger partial charge in [0.05, 0.1) is 0 Å². The van der Waals surface area contributed by atoms with Crippen molar-refractivity contribution in [2.24, 2.45) is 0 Å². The topological polar surface area (TPSA) is 78.9 Å². The van der Waals surface area contributed by atoms with E-state index in [0.717, 1.165) is 103 Å². The first kappa shape index (κ1) is 60.1. The second kappa shape index (κ2) is 51.7. The van der Waals surface area contributed by atoms with Crippen molar-refractivity contribution in [2.45, 2.75) is 226 Å². The lowest BCUT2D eigenvalue weighted by molar-refractivity contribution is -0.167. The molecule has 362 valence electrons. The normalized spacial score (nSPS) is 13.0. The Hall–Kier alpha value is -3.93. The molecule has 0 aromatic heterocycles. The van der Waals surface area contributed by atoms with Crippen LogP contribution in [-0.2, 0) is 28.6 Å². The lowest BCUT2D eigenvalue weighted by Crippen LogP contribution is -2.30. The zero-order chi connectivity index (χ0) is 46.5. The number of esters is 3. The molecule has 6 nitrogen and oxygen atoms in total. The van der Waals surface area contributed by atoms with E-state index in [4.69, 9.17) is 14.2 Å². The zero-order valence-corrected chi connectivity index (χ0v) is 41.3. The Labute approximate surface area is 393 Å². The third-order valence-electron chi connectivity index (χ3n) is 10.5. The monoisotopic (exact) mass is 887 g/mol. The molecule has 0 aliphatic rings. The fourth-order valence-electron chi connectivity index (χ4n) is 6.68. The molecule has 0 radical (unpaired) electrons. The lowest BCUT2D eigenvalue weighted by atomic mass is 10.1. The summed E-state index contributed by atoms with van der Waals surface area (Å²) < 4.78 is 16.6. The Kier molecular flexibility index (Phi) is 48.5. The molecule has 0 heterocycles. The first-order valence-electron chi connectivity index (χ1n) is 25.9. The Morgan fingerprint density at radius 3 is 0.953 bits per heavy atom. The second-order valence-corrected chi connectivity index (χ2v) is 16.7. The minimum absolute atomic E-state index is 0.0953. The largest absolute Gasteiger partial charge is 0.462 e. The van der Waals surface area contributed by atoms with Gasteiger partial charge >= 0.3 is 17.9 Å². The van der Waals surface area contributed by atoms with Crippen molar-refractivity contribution in [2.75, 3.05) is 13.2 Å². The summed E-state index contributed by atoms with van der Waals surface area (Å²) in [5.41, 5.74) is 0. The standard InChI is InChI=1S/C58H94O6/c1-4-7-10-13-16-18-20-21-22-23-24-25-26-27-28-29-30-31-32-33-34-35-36-37-38-40-42-45-48-51-57(60)63-54-55(53-62-56(59)50-47-44-41-15-12-9-6-3)64-58(61)52-49-46-43-39-19-17-14-11-8-5-2/h7,10,16,18,21-22,24-25,27-28,30-31,33-34,36-37,40,42,55H,4-6,8-9,11-15,17,19-20,23,26,29,32,35,38-39,41,43-54H2,1-3H3/b10-7-,18-16-,22-21-,25-24-,28-27-,31-30-,34-33-,37-36-,42-40-. The molecule has 64 heavy (non-hydrogen) atoms. The van der Waals surface area contributed by atoms with Crippen LogP contribution in [0.25, 0.3) is 0 Å². The van der Waals surface area contributed by atoms with Crippen LogP contribution in [0.4, 0.5) is 0 Å². The summed E-state index contributed by atoms with van der Waals surface area (Å²) in [4.78, 5) is 37.6. The Bertz CT molecular complexity index is 1340. The van der Waals surface area contributed by atoms with Crippen molar-refractivity contribution in [3.63, 3.8) is 0 Å². The Balaban J connectivity index is 4.27. The zero-order valence-electron chi connectivity index (χ0n) is 41.3. The molecule has 0 spiro atoms. The van der Waals surface area contributed by atoms with Gasteiger partial charge in [0.25, 0.3) is 0 Å². The molecule has 1 atom stereocenters. The van der Waals surface area contributed by atoms with E-state index in [1.165, 1.54) is 70.6 Å². The molecule has 0 aromatic rings. The number of unbranched alkanes of at least 4 members (excludes halogenated alkanes) is 16. The van der Waals surface area contributed by atoms with Crippen molar-refractivity contribution >= 4 is 17.9 Å². The lowest BCUT2D eigenvalue weighted by Gasteiger charge is -2.18. The molecule has 0 saturated heterocycles. The summed E-state index contributed by atoms with van der Waals surface area (Å²) in [6.45, 7) is 6.40. The number of carbonyl (C=O) groups excluding carboxylic acids is 3. The van der Waals surface area contributed by atoms with Gasteiger partial charge in [-0.05, 0) is 83.5 Å². The van der Waals surface area contributed by atoms with E-state index in [0.29, 0.717) is 19.3 Å². The molecule has 0 saturated carbocycles. The van der Waals surface area contributed by atoms with E-state index in [2.05, 4.69) is 130 Å². The van der Waals surface area contributed by atoms with Crippen molar-refractivity contribution in [1.29, 1.82) is 0 Å². The number of hydrogen-bond acceptors (Lipinski definition) is 6. The minimum Gasteiger partial charge on any atom is -0.462 e. The van der Waals surface area contributed by atoms with Crippen LogP contribution in [0.15, 0.2) is 109 Å². The quantitative estimate of drug-likeness (QED) is 0.0262. The number of carbonyl (C=O) groups is 3. The smallest absolute Gasteiger partial charge is 0.306 e. The molecule has 0 rings (SSSR count). The SMILES string of the molecule is CC/C=C\C/C=C\C/C=C\C/C=C\C/C=C\C/C=C\C/C=C\C/C=C\C/C=C\CCCC(=O)OCC(COC(=O)CCCCCCCCC)OC(=O)CCCCCCCCCCCC. The molecular formula is C58H94O6. The fraction of sp³-hybridized carbons (Fsp3) is 0.638. The molecule has 0 fully saturated rings. The maximum absolute atomic E-state index is 12.7. The van der Waals surface area contributed by atoms with Gasteiger partial charge in [0.15, 0.2) is 6.10 Å². The van der Waals surface area contributed by atoms with Gasteiger partial charge in [-0.25, -0.2) is 0 Å². The van der Waals surface area contributed by atoms with Gasteiger partial charge in [-0.1, -0.05) is 226 Å². The minimum atomic E-state index is -0.796.